The lowest BCUT2D eigenvalue weighted by Gasteiger charge is -2.09. The Kier molecular flexibility index (Phi) is 4.74. The van der Waals surface area contributed by atoms with E-state index >= 15 is 0 Å². The standard InChI is InChI=1S/C15H12BrFO3/c1-19-14-5-3-2-4-11(14)13(18)9-20-15-7-6-10(16)8-12(15)17/h2-8H,9H2,1H3. The van der Waals surface area contributed by atoms with Crippen LogP contribution < -0.4 is 9.47 Å². The van der Waals surface area contributed by atoms with Crippen molar-refractivity contribution in [1.29, 1.82) is 0 Å². The molecule has 0 bridgehead atoms. The van der Waals surface area contributed by atoms with Crippen LogP contribution in [0.15, 0.2) is 46.9 Å². The van der Waals surface area contributed by atoms with E-state index < -0.39 is 5.82 Å². The zero-order chi connectivity index (χ0) is 14.5. The summed E-state index contributed by atoms with van der Waals surface area (Å²) in [7, 11) is 1.49. The van der Waals surface area contributed by atoms with Gasteiger partial charge in [0.25, 0.3) is 0 Å². The molecule has 0 atom stereocenters. The number of benzene rings is 2. The number of rotatable bonds is 5. The van der Waals surface area contributed by atoms with Crippen LogP contribution in [0.4, 0.5) is 4.39 Å². The van der Waals surface area contributed by atoms with Crippen LogP contribution in [0.3, 0.4) is 0 Å². The number of carbonyl (C=O) groups excluding carboxylic acids is 1. The number of ketones is 1. The van der Waals surface area contributed by atoms with Crippen molar-refractivity contribution in [2.45, 2.75) is 0 Å². The number of ether oxygens (including phenoxy) is 2. The summed E-state index contributed by atoms with van der Waals surface area (Å²) in [4.78, 5) is 12.0. The third-order valence-electron chi connectivity index (χ3n) is 2.66. The number of methoxy groups -OCH3 is 1. The Morgan fingerprint density at radius 2 is 1.95 bits per heavy atom. The van der Waals surface area contributed by atoms with Gasteiger partial charge in [-0.3, -0.25) is 4.79 Å². The van der Waals surface area contributed by atoms with E-state index in [1.54, 1.807) is 30.3 Å². The molecule has 2 rings (SSSR count). The number of Topliss-reactive ketones (excluding diaryl/α,β-unsaturated/α-hetero) is 1. The van der Waals surface area contributed by atoms with E-state index in [1.807, 2.05) is 0 Å². The van der Waals surface area contributed by atoms with Gasteiger partial charge in [-0.1, -0.05) is 28.1 Å². The first-order valence-corrected chi connectivity index (χ1v) is 6.65. The second kappa shape index (κ2) is 6.52. The Labute approximate surface area is 124 Å². The molecule has 0 unspecified atom stereocenters. The smallest absolute Gasteiger partial charge is 0.203 e. The van der Waals surface area contributed by atoms with Gasteiger partial charge in [0, 0.05) is 4.47 Å². The first-order valence-electron chi connectivity index (χ1n) is 5.86. The lowest BCUT2D eigenvalue weighted by atomic mass is 10.1. The van der Waals surface area contributed by atoms with E-state index in [-0.39, 0.29) is 18.1 Å². The van der Waals surface area contributed by atoms with Crippen molar-refractivity contribution in [2.75, 3.05) is 13.7 Å². The second-order valence-corrected chi connectivity index (χ2v) is 4.90. The summed E-state index contributed by atoms with van der Waals surface area (Å²) in [6.07, 6.45) is 0. The van der Waals surface area contributed by atoms with Gasteiger partial charge in [0.05, 0.1) is 12.7 Å². The van der Waals surface area contributed by atoms with Gasteiger partial charge < -0.3 is 9.47 Å². The predicted molar refractivity (Wildman–Crippen MR) is 76.9 cm³/mol. The van der Waals surface area contributed by atoms with Crippen LogP contribution in [0.1, 0.15) is 10.4 Å². The minimum atomic E-state index is -0.521. The highest BCUT2D eigenvalue weighted by Gasteiger charge is 2.13. The van der Waals surface area contributed by atoms with Crippen LogP contribution in [-0.2, 0) is 0 Å². The maximum absolute atomic E-state index is 13.6. The summed E-state index contributed by atoms with van der Waals surface area (Å²) in [5.74, 6) is -0.286. The molecule has 0 aliphatic heterocycles. The zero-order valence-electron chi connectivity index (χ0n) is 10.7. The average molecular weight is 339 g/mol. The third kappa shape index (κ3) is 3.36. The fraction of sp³-hybridized carbons (Fsp3) is 0.133. The molecule has 2 aromatic rings. The molecule has 0 heterocycles. The first kappa shape index (κ1) is 14.5. The molecule has 3 nitrogen and oxygen atoms in total. The molecule has 2 aromatic carbocycles. The minimum Gasteiger partial charge on any atom is -0.496 e. The Morgan fingerprint density at radius 1 is 1.20 bits per heavy atom. The summed E-state index contributed by atoms with van der Waals surface area (Å²) in [5.41, 5.74) is 0.410. The highest BCUT2D eigenvalue weighted by Crippen LogP contribution is 2.22. The maximum Gasteiger partial charge on any atom is 0.203 e. The highest BCUT2D eigenvalue weighted by atomic mass is 79.9. The third-order valence-corrected chi connectivity index (χ3v) is 3.15. The fourth-order valence-electron chi connectivity index (χ4n) is 1.69. The van der Waals surface area contributed by atoms with E-state index in [1.165, 1.54) is 19.2 Å². The lowest BCUT2D eigenvalue weighted by molar-refractivity contribution is 0.0915. The molecule has 0 spiro atoms. The Balaban J connectivity index is 2.09. The van der Waals surface area contributed by atoms with Gasteiger partial charge in [0.2, 0.25) is 5.78 Å². The molecular weight excluding hydrogens is 327 g/mol. The molecule has 0 N–H and O–H groups in total. The Hall–Kier alpha value is -1.88. The number of para-hydroxylation sites is 1. The minimum absolute atomic E-state index is 0.0384. The van der Waals surface area contributed by atoms with Crippen molar-refractivity contribution in [2.24, 2.45) is 0 Å². The summed E-state index contributed by atoms with van der Waals surface area (Å²) in [6, 6.07) is 11.2. The van der Waals surface area contributed by atoms with Gasteiger partial charge in [0.1, 0.15) is 5.75 Å². The molecule has 5 heteroatoms. The molecule has 20 heavy (non-hydrogen) atoms. The van der Waals surface area contributed by atoms with Crippen molar-refractivity contribution in [3.63, 3.8) is 0 Å². The number of hydrogen-bond acceptors (Lipinski definition) is 3. The monoisotopic (exact) mass is 338 g/mol. The molecule has 0 aromatic heterocycles. The van der Waals surface area contributed by atoms with Gasteiger partial charge in [-0.15, -0.1) is 0 Å². The highest BCUT2D eigenvalue weighted by molar-refractivity contribution is 9.10. The molecule has 0 saturated carbocycles. The van der Waals surface area contributed by atoms with E-state index in [0.29, 0.717) is 15.8 Å². The fourth-order valence-corrected chi connectivity index (χ4v) is 2.02. The molecule has 0 saturated heterocycles. The van der Waals surface area contributed by atoms with Crippen molar-refractivity contribution in [1.82, 2.24) is 0 Å². The second-order valence-electron chi connectivity index (χ2n) is 3.99. The molecule has 0 radical (unpaired) electrons. The molecule has 0 aliphatic carbocycles. The molecule has 0 fully saturated rings. The molecule has 0 aliphatic rings. The molecule has 0 amide bonds. The van der Waals surface area contributed by atoms with E-state index in [2.05, 4.69) is 15.9 Å². The molecule has 104 valence electrons. The average Bonchev–Trinajstić information content (AvgIpc) is 2.46. The van der Waals surface area contributed by atoms with E-state index in [9.17, 15) is 9.18 Å². The van der Waals surface area contributed by atoms with Crippen molar-refractivity contribution < 1.29 is 18.7 Å². The SMILES string of the molecule is COc1ccccc1C(=O)COc1ccc(Br)cc1F. The van der Waals surface area contributed by atoms with Gasteiger partial charge in [-0.25, -0.2) is 4.39 Å². The Bertz CT molecular complexity index is 628. The Morgan fingerprint density at radius 3 is 2.65 bits per heavy atom. The van der Waals surface area contributed by atoms with E-state index in [4.69, 9.17) is 9.47 Å². The van der Waals surface area contributed by atoms with Crippen molar-refractivity contribution >= 4 is 21.7 Å². The van der Waals surface area contributed by atoms with Crippen LogP contribution in [0, 0.1) is 5.82 Å². The normalized spacial score (nSPS) is 10.2. The largest absolute Gasteiger partial charge is 0.496 e. The van der Waals surface area contributed by atoms with Crippen LogP contribution in [0.2, 0.25) is 0 Å². The maximum atomic E-state index is 13.6. The van der Waals surface area contributed by atoms with Gasteiger partial charge >= 0.3 is 0 Å². The van der Waals surface area contributed by atoms with Crippen LogP contribution in [-0.4, -0.2) is 19.5 Å². The summed E-state index contributed by atoms with van der Waals surface area (Å²) in [5, 5.41) is 0. The summed E-state index contributed by atoms with van der Waals surface area (Å²) >= 11 is 3.15. The van der Waals surface area contributed by atoms with Gasteiger partial charge in [-0.05, 0) is 30.3 Å². The van der Waals surface area contributed by atoms with E-state index in [0.717, 1.165) is 0 Å². The topological polar surface area (TPSA) is 35.5 Å². The van der Waals surface area contributed by atoms with Gasteiger partial charge in [-0.2, -0.15) is 0 Å². The summed E-state index contributed by atoms with van der Waals surface area (Å²) in [6.45, 7) is -0.251. The lowest BCUT2D eigenvalue weighted by Crippen LogP contribution is -2.13. The predicted octanol–water partition coefficient (Wildman–Crippen LogP) is 3.86. The van der Waals surface area contributed by atoms with Crippen LogP contribution in [0.5, 0.6) is 11.5 Å². The van der Waals surface area contributed by atoms with Crippen LogP contribution in [0.25, 0.3) is 0 Å². The number of carbonyl (C=O) groups is 1. The van der Waals surface area contributed by atoms with Gasteiger partial charge in [0.15, 0.2) is 18.2 Å². The quantitative estimate of drug-likeness (QED) is 0.776. The van der Waals surface area contributed by atoms with Crippen molar-refractivity contribution in [3.8, 4) is 11.5 Å². The summed E-state index contributed by atoms with van der Waals surface area (Å²) < 4.78 is 24.5. The van der Waals surface area contributed by atoms with Crippen LogP contribution >= 0.6 is 15.9 Å². The first-order chi connectivity index (χ1) is 9.61. The number of halogens is 2. The zero-order valence-corrected chi connectivity index (χ0v) is 12.3. The molecular formula is C15H12BrFO3. The van der Waals surface area contributed by atoms with Crippen molar-refractivity contribution in [3.05, 3.63) is 58.3 Å². The number of hydrogen-bond donors (Lipinski definition) is 0.